The number of aromatic amines is 2. The summed E-state index contributed by atoms with van der Waals surface area (Å²) in [7, 11) is 2.63. The summed E-state index contributed by atoms with van der Waals surface area (Å²) < 4.78 is 21.0. The fourth-order valence-electron chi connectivity index (χ4n) is 11.1. The highest BCUT2D eigenvalue weighted by atomic mass is 16.5. The van der Waals surface area contributed by atoms with Crippen LogP contribution in [0.3, 0.4) is 0 Å². The van der Waals surface area contributed by atoms with Gasteiger partial charge in [0.25, 0.3) is 0 Å². The van der Waals surface area contributed by atoms with Gasteiger partial charge in [-0.15, -0.1) is 0 Å². The van der Waals surface area contributed by atoms with Crippen LogP contribution in [0.15, 0.2) is 73.1 Å². The largest absolute Gasteiger partial charge is 0.453 e. The van der Waals surface area contributed by atoms with Crippen molar-refractivity contribution in [3.8, 4) is 33.6 Å². The number of carbonyl (C=O) groups excluding carboxylic acids is 4. The Balaban J connectivity index is 0.866. The van der Waals surface area contributed by atoms with Crippen LogP contribution >= 0.6 is 0 Å². The van der Waals surface area contributed by atoms with Gasteiger partial charge < -0.3 is 49.3 Å². The van der Waals surface area contributed by atoms with Crippen molar-refractivity contribution in [1.29, 1.82) is 0 Å². The number of fused-ring (bicyclic) bond motifs is 2. The van der Waals surface area contributed by atoms with E-state index in [1.54, 1.807) is 0 Å². The summed E-state index contributed by atoms with van der Waals surface area (Å²) in [6.45, 7) is 4.27. The lowest BCUT2D eigenvalue weighted by molar-refractivity contribution is -0.139. The van der Waals surface area contributed by atoms with E-state index < -0.39 is 24.3 Å². The number of nitrogens with zero attached hydrogens (tertiary/aromatic N) is 4. The molecule has 346 valence electrons. The average molecular weight is 899 g/mol. The molecule has 7 atom stereocenters. The van der Waals surface area contributed by atoms with Crippen molar-refractivity contribution in [3.63, 3.8) is 0 Å². The molecule has 3 aromatic carbocycles. The van der Waals surface area contributed by atoms with E-state index in [9.17, 15) is 19.2 Å². The number of rotatable bonds is 11. The van der Waals surface area contributed by atoms with Crippen molar-refractivity contribution >= 4 is 34.8 Å². The molecule has 1 saturated carbocycles. The van der Waals surface area contributed by atoms with Crippen molar-refractivity contribution < 1.29 is 38.1 Å². The Morgan fingerprint density at radius 3 is 1.92 bits per heavy atom. The standard InChI is InChI=1S/C50H58N8O8/c1-28-10-15-40(57(28)47(59)43(55-49(61)63-2)31-16-20-65-21-17-31)45-52-27-39(54-45)37-9-5-7-35-34(6-4-8-36(35)37)29-11-13-30(14-12-29)38-26-51-46(53-38)42-25-33-24-41(33)58(42)48(60)44(56-50(62)64-3)32-18-22-66-23-19-32/h4-9,11-14,26-28,31-33,40-44H,10,15-25H2,1-3H3,(H,51,53)(H,52,54)(H,55,61)(H,56,62)/t28?,33?,40-,41?,42-,43-,44-/m0/s1. The molecule has 2 aromatic heterocycles. The number of H-pyrrole nitrogens is 2. The van der Waals surface area contributed by atoms with Crippen molar-refractivity contribution in [3.05, 3.63) is 84.7 Å². The number of aromatic nitrogens is 4. The third-order valence-corrected chi connectivity index (χ3v) is 14.7. The summed E-state index contributed by atoms with van der Waals surface area (Å²) in [5.41, 5.74) is 5.75. The highest BCUT2D eigenvalue weighted by Gasteiger charge is 2.56. The Bertz CT molecular complexity index is 2580. The monoisotopic (exact) mass is 898 g/mol. The molecule has 5 aromatic rings. The second-order valence-corrected chi connectivity index (χ2v) is 18.5. The molecule has 4 saturated heterocycles. The zero-order chi connectivity index (χ0) is 45.5. The number of ether oxygens (including phenoxy) is 4. The zero-order valence-corrected chi connectivity index (χ0v) is 37.7. The van der Waals surface area contributed by atoms with Crippen molar-refractivity contribution in [2.24, 2.45) is 17.8 Å². The van der Waals surface area contributed by atoms with E-state index in [0.29, 0.717) is 58.0 Å². The minimum atomic E-state index is -0.716. The first-order valence-corrected chi connectivity index (χ1v) is 23.4. The maximum Gasteiger partial charge on any atom is 0.407 e. The van der Waals surface area contributed by atoms with Gasteiger partial charge in [0.15, 0.2) is 0 Å². The van der Waals surface area contributed by atoms with E-state index in [0.717, 1.165) is 81.7 Å². The zero-order valence-electron chi connectivity index (χ0n) is 37.7. The molecule has 6 heterocycles. The Morgan fingerprint density at radius 1 is 0.697 bits per heavy atom. The fraction of sp³-hybridized carbons (Fsp3) is 0.480. The first-order valence-electron chi connectivity index (χ1n) is 23.4. The predicted octanol–water partition coefficient (Wildman–Crippen LogP) is 7.30. The first kappa shape index (κ1) is 43.6. The third kappa shape index (κ3) is 8.40. The molecule has 4 amide bonds. The van der Waals surface area contributed by atoms with Crippen LogP contribution in [0.4, 0.5) is 9.59 Å². The first-order chi connectivity index (χ1) is 32.2. The van der Waals surface area contributed by atoms with E-state index in [2.05, 4.69) is 88.2 Å². The minimum absolute atomic E-state index is 0.0302. The van der Waals surface area contributed by atoms with Gasteiger partial charge in [0, 0.05) is 50.3 Å². The molecule has 3 unspecified atom stereocenters. The third-order valence-electron chi connectivity index (χ3n) is 14.7. The highest BCUT2D eigenvalue weighted by Crippen LogP contribution is 2.53. The van der Waals surface area contributed by atoms with Crippen LogP contribution < -0.4 is 10.6 Å². The Morgan fingerprint density at radius 2 is 1.29 bits per heavy atom. The molecule has 16 nitrogen and oxygen atoms in total. The molecule has 0 radical (unpaired) electrons. The van der Waals surface area contributed by atoms with Crippen LogP contribution in [0, 0.1) is 17.8 Å². The average Bonchev–Trinajstić information content (AvgIpc) is 3.84. The van der Waals surface area contributed by atoms with Gasteiger partial charge in [-0.25, -0.2) is 19.6 Å². The van der Waals surface area contributed by atoms with Gasteiger partial charge in [-0.2, -0.15) is 0 Å². The quantitative estimate of drug-likeness (QED) is 0.105. The lowest BCUT2D eigenvalue weighted by Gasteiger charge is -2.36. The number of benzene rings is 3. The van der Waals surface area contributed by atoms with Crippen molar-refractivity contribution in [2.75, 3.05) is 40.6 Å². The fourth-order valence-corrected chi connectivity index (χ4v) is 11.1. The van der Waals surface area contributed by atoms with Crippen molar-refractivity contribution in [1.82, 2.24) is 40.4 Å². The molecule has 5 fully saturated rings. The molecule has 66 heavy (non-hydrogen) atoms. The number of piperidine rings is 1. The molecule has 1 aliphatic carbocycles. The highest BCUT2D eigenvalue weighted by molar-refractivity contribution is 6.04. The van der Waals surface area contributed by atoms with Gasteiger partial charge in [-0.3, -0.25) is 9.59 Å². The van der Waals surface area contributed by atoms with Gasteiger partial charge >= 0.3 is 12.2 Å². The topological polar surface area (TPSA) is 193 Å². The Kier molecular flexibility index (Phi) is 12.3. The van der Waals surface area contributed by atoms with Gasteiger partial charge in [-0.1, -0.05) is 60.7 Å². The molecule has 10 rings (SSSR count). The van der Waals surface area contributed by atoms with Crippen molar-refractivity contribution in [2.45, 2.75) is 94.5 Å². The lowest BCUT2D eigenvalue weighted by Crippen LogP contribution is -2.54. The molecular formula is C50H58N8O8. The van der Waals surface area contributed by atoms with Crippen LogP contribution in [0.1, 0.15) is 82.0 Å². The number of likely N-dealkylation sites (tertiary alicyclic amines) is 2. The van der Waals surface area contributed by atoms with Crippen LogP contribution in [0.2, 0.25) is 0 Å². The van der Waals surface area contributed by atoms with Crippen LogP contribution in [-0.2, 0) is 28.5 Å². The molecule has 0 bridgehead atoms. The summed E-state index contributed by atoms with van der Waals surface area (Å²) in [5, 5.41) is 7.85. The van der Waals surface area contributed by atoms with Gasteiger partial charge in [0.05, 0.1) is 43.9 Å². The second kappa shape index (κ2) is 18.6. The summed E-state index contributed by atoms with van der Waals surface area (Å²) in [5.74, 6) is 1.61. The molecule has 4 aliphatic heterocycles. The summed E-state index contributed by atoms with van der Waals surface area (Å²) in [6, 6.07) is 19.2. The van der Waals surface area contributed by atoms with E-state index in [1.807, 2.05) is 22.2 Å². The number of alkyl carbamates (subject to hydrolysis) is 2. The number of nitrogens with one attached hydrogen (secondary N) is 4. The van der Waals surface area contributed by atoms with Crippen LogP contribution in [0.25, 0.3) is 44.4 Å². The second-order valence-electron chi connectivity index (χ2n) is 18.5. The van der Waals surface area contributed by atoms with Crippen LogP contribution in [-0.4, -0.2) is 119 Å². The number of amides is 4. The smallest absolute Gasteiger partial charge is 0.407 e. The lowest BCUT2D eigenvalue weighted by atomic mass is 9.90. The summed E-state index contributed by atoms with van der Waals surface area (Å²) in [6.07, 6.45) is 8.65. The molecule has 4 N–H and O–H groups in total. The van der Waals surface area contributed by atoms with Gasteiger partial charge in [0.2, 0.25) is 11.8 Å². The predicted molar refractivity (Wildman–Crippen MR) is 245 cm³/mol. The van der Waals surface area contributed by atoms with E-state index in [-0.39, 0.29) is 47.8 Å². The van der Waals surface area contributed by atoms with Gasteiger partial charge in [-0.05, 0) is 104 Å². The molecule has 0 spiro atoms. The van der Waals surface area contributed by atoms with E-state index >= 15 is 0 Å². The molecule has 16 heteroatoms. The molecule has 5 aliphatic rings. The summed E-state index contributed by atoms with van der Waals surface area (Å²) >= 11 is 0. The maximum atomic E-state index is 14.4. The van der Waals surface area contributed by atoms with Crippen LogP contribution in [0.5, 0.6) is 0 Å². The number of hydrogen-bond donors (Lipinski definition) is 4. The van der Waals surface area contributed by atoms with E-state index in [1.165, 1.54) is 14.2 Å². The summed E-state index contributed by atoms with van der Waals surface area (Å²) in [4.78, 5) is 74.3. The Labute approximate surface area is 383 Å². The SMILES string of the molecule is COC(=O)N[C@H](C(=O)N1C(C)CC[C@H]1c1nc(-c2cccc3c(-c4ccc(-c5cnc([C@@H]6CC7CC7N6C(=O)[C@@H](NC(=O)OC)C6CCOCC6)[nH]5)cc4)cccc23)c[nH]1)C1CCOCC1. The number of carbonyl (C=O) groups is 4. The maximum absolute atomic E-state index is 14.4. The number of hydrogen-bond acceptors (Lipinski definition) is 10. The number of methoxy groups -OCH3 is 2. The van der Waals surface area contributed by atoms with Gasteiger partial charge in [0.1, 0.15) is 23.7 Å². The number of imidazole rings is 2. The minimum Gasteiger partial charge on any atom is -0.453 e. The van der Waals surface area contributed by atoms with E-state index in [4.69, 9.17) is 28.9 Å². The Hall–Kier alpha value is -6.26. The molecular weight excluding hydrogens is 841 g/mol. The normalized spacial score (nSPS) is 24.1.